The van der Waals surface area contributed by atoms with Crippen LogP contribution >= 0.6 is 33.4 Å². The normalized spacial score (nSPS) is 29.0. The minimum Gasteiger partial charge on any atom is -0.383 e. The molecule has 52 nitrogen and oxygen atoms in total. The molecule has 129 heavy (non-hydrogen) atoms. The quantitative estimate of drug-likeness (QED) is 0.0163. The summed E-state index contributed by atoms with van der Waals surface area (Å²) in [5.74, 6) is -0.246. The van der Waals surface area contributed by atoms with Gasteiger partial charge < -0.3 is 146 Å². The molecule has 0 amide bonds. The zero-order chi connectivity index (χ0) is 93.2. The van der Waals surface area contributed by atoms with Gasteiger partial charge in [0, 0.05) is 84.6 Å². The number of imidazole rings is 2. The number of H-pyrrole nitrogens is 1. The van der Waals surface area contributed by atoms with Crippen LogP contribution < -0.4 is 45.6 Å². The van der Waals surface area contributed by atoms with Crippen molar-refractivity contribution in [3.63, 3.8) is 0 Å². The third-order valence-corrected chi connectivity index (χ3v) is 27.5. The number of aromatic nitrogens is 14. The molecule has 5 saturated heterocycles. The van der Waals surface area contributed by atoms with Crippen molar-refractivity contribution in [1.29, 1.82) is 0 Å². The monoisotopic (exact) mass is 2020 g/mol. The number of methoxy groups -OCH3 is 6. The van der Waals surface area contributed by atoms with E-state index in [1.807, 2.05) is 0 Å². The van der Waals surface area contributed by atoms with E-state index in [4.69, 9.17) is 198 Å². The predicted octanol–water partition coefficient (Wildman–Crippen LogP) is -0.933. The molecule has 62 heteroatoms. The lowest BCUT2D eigenvalue weighted by atomic mass is 10.1. The van der Waals surface area contributed by atoms with Crippen molar-refractivity contribution in [1.82, 2.24) is 67.7 Å². The van der Waals surface area contributed by atoms with Crippen molar-refractivity contribution < 1.29 is 141 Å². The molecule has 5 fully saturated rings. The Balaban J connectivity index is 0.850. The van der Waals surface area contributed by atoms with Crippen LogP contribution in [0.25, 0.3) is 22.3 Å². The molecule has 0 bridgehead atoms. The molecule has 0 aromatic carbocycles. The summed E-state index contributed by atoms with van der Waals surface area (Å²) in [5, 5.41) is 0. The van der Waals surface area contributed by atoms with Crippen molar-refractivity contribution in [2.45, 2.75) is 143 Å². The van der Waals surface area contributed by atoms with E-state index >= 15 is 0 Å². The molecule has 12 rings (SSSR count). The highest BCUT2D eigenvalue weighted by atomic mass is 32.5. The van der Waals surface area contributed by atoms with Crippen LogP contribution in [0.2, 0.25) is 0 Å². The Hall–Kier alpha value is -5.21. The molecule has 12 heterocycles. The van der Waals surface area contributed by atoms with Gasteiger partial charge in [0.1, 0.15) is 127 Å². The highest BCUT2D eigenvalue weighted by Crippen LogP contribution is 2.57. The molecule has 0 saturated carbocycles. The number of hydrogen-bond acceptors (Lipinski definition) is 46. The fourth-order valence-corrected chi connectivity index (χ4v) is 21.2. The standard InChI is InChI=1S/C67H101N18O34P5S5/c1-33-21-81(65(87)78-53(33)68)61-49(102-17-12-96-5)45(117-122(92,127)106-25-37-43(115-120(10,90)125)48(101-16-11-95-4)60(111-37)83-23-35(3)59(86)80-67(83)89)38(112-61)26-107-123(93,128)118-46-39(113-62(50(46)103-18-13-97-6)82-22-34(2)54(69)79-66(82)88)27-108-124(94,129)119-47-40(114-64(52(47)105-20-15-99-8)85-32-77-42-56(71)73-30-75-58(42)85)28-109-121(91,126)116-44-36(24-100-9)110-63(51(44)104-19-14-98-7)84-31-76-41-55(70)72-29-74-57(41)84/h21-23,29-32,36-40,43-52,60-64H,11-20,24-28H2,1-10H3,(H,90,125)(H,91,126)(H,92,127)(H,93,128)(H,94,129)(H2,68,78,87)(H2,69,79,88)(H2,70,72,74)(H2,71,73,75)(H,80,86,89)/t36-,37-,38-,39-,40-,43?,44?,45?,46?,47?,48+,49+,50+,51+,52+,60-,61-,62-,63-,64-,120?,121?,122?,123?,124?/m1/s1. The summed E-state index contributed by atoms with van der Waals surface area (Å²) in [7, 11) is 8.45. The molecule has 0 spiro atoms. The van der Waals surface area contributed by atoms with Crippen molar-refractivity contribution in [2.75, 3.05) is 171 Å². The van der Waals surface area contributed by atoms with Gasteiger partial charge in [-0.2, -0.15) is 9.97 Å². The molecule has 5 aliphatic heterocycles. The minimum atomic E-state index is -4.98. The summed E-state index contributed by atoms with van der Waals surface area (Å²) < 4.78 is 159. The van der Waals surface area contributed by atoms with Crippen molar-refractivity contribution in [2.24, 2.45) is 0 Å². The third-order valence-electron chi connectivity index (χ3n) is 20.3. The smallest absolute Gasteiger partial charge is 0.351 e. The Morgan fingerprint density at radius 2 is 0.659 bits per heavy atom. The van der Waals surface area contributed by atoms with Gasteiger partial charge in [0.05, 0.1) is 112 Å². The summed E-state index contributed by atoms with van der Waals surface area (Å²) in [6.45, 7) is -21.7. The number of anilines is 4. The maximum atomic E-state index is 14.1. The Morgan fingerprint density at radius 1 is 0.372 bits per heavy atom. The van der Waals surface area contributed by atoms with E-state index in [9.17, 15) is 43.6 Å². The lowest BCUT2D eigenvalue weighted by molar-refractivity contribution is -0.0839. The third kappa shape index (κ3) is 25.4. The largest absolute Gasteiger partial charge is 0.383 e. The summed E-state index contributed by atoms with van der Waals surface area (Å²) in [4.78, 5) is 152. The first kappa shape index (κ1) is 103. The second-order valence-corrected chi connectivity index (χ2v) is 44.3. The molecule has 0 aliphatic carbocycles. The van der Waals surface area contributed by atoms with Gasteiger partial charge in [0.2, 0.25) is 0 Å². The Kier molecular flexibility index (Phi) is 36.0. The van der Waals surface area contributed by atoms with E-state index in [1.165, 1.54) is 105 Å². The van der Waals surface area contributed by atoms with Crippen LogP contribution in [0, 0.1) is 20.8 Å². The average molecular weight is 2020 g/mol. The maximum Gasteiger partial charge on any atom is 0.351 e. The Labute approximate surface area is 759 Å². The molecule has 0 radical (unpaired) electrons. The second kappa shape index (κ2) is 45.2. The van der Waals surface area contributed by atoms with E-state index in [-0.39, 0.29) is 135 Å². The summed E-state index contributed by atoms with van der Waals surface area (Å²) in [6, 6.07) is 0. The molecule has 10 unspecified atom stereocenters. The molecule has 14 N–H and O–H groups in total. The number of nitrogen functional groups attached to an aromatic ring is 4. The SMILES string of the molecule is COCCO[C@H]1C(OP(O)(=S)OC[C@H]2O[C@@H](n3cc(C)c(=O)[nH]c3=O)[C@@H](OCCOC)C2OP(C)(O)=S)[C@@H](COP(O)(=S)OC2[C@@H](COP(O)(=S)OC3[C@@H](COP(O)(=S)OC4[C@@H](COC)O[C@@H](n5cnc6c(N)ncnc65)[C@H]4OCCOC)O[C@@H](n4cnc5c(N)ncnc54)[C@H]3OCCOC)O[C@@H](n3cc(C)c(N)nc3=O)[C@H]2OCCOC)O[C@H]1n1cc(C)c(N)nc1=O. The van der Waals surface area contributed by atoms with Crippen LogP contribution in [-0.4, -0.2) is 332 Å². The molecular weight excluding hydrogens is 1920 g/mol. The Morgan fingerprint density at radius 3 is 0.961 bits per heavy atom. The number of aromatic amines is 1. The van der Waals surface area contributed by atoms with Crippen molar-refractivity contribution in [3.8, 4) is 0 Å². The van der Waals surface area contributed by atoms with E-state index < -0.39 is 205 Å². The zero-order valence-electron chi connectivity index (χ0n) is 70.7. The van der Waals surface area contributed by atoms with Gasteiger partial charge in [-0.15, -0.1) is 0 Å². The van der Waals surface area contributed by atoms with E-state index in [0.29, 0.717) is 0 Å². The van der Waals surface area contributed by atoms with Gasteiger partial charge in [0.25, 0.3) is 5.56 Å². The maximum absolute atomic E-state index is 14.1. The molecule has 7 aromatic rings. The van der Waals surface area contributed by atoms with Crippen LogP contribution in [0.15, 0.2) is 63.1 Å². The lowest BCUT2D eigenvalue weighted by Crippen LogP contribution is -2.41. The topological polar surface area (TPSA) is 648 Å². The van der Waals surface area contributed by atoms with E-state index in [0.717, 1.165) is 13.7 Å². The van der Waals surface area contributed by atoms with Gasteiger partial charge >= 0.3 is 43.9 Å². The van der Waals surface area contributed by atoms with Crippen molar-refractivity contribution in [3.05, 3.63) is 102 Å². The highest BCUT2D eigenvalue weighted by molar-refractivity contribution is 8.09. The number of ether oxygens (including phenoxy) is 16. The second-order valence-electron chi connectivity index (χ2n) is 29.3. The first-order valence-electron chi connectivity index (χ1n) is 39.1. The van der Waals surface area contributed by atoms with E-state index in [2.05, 4.69) is 44.9 Å². The summed E-state index contributed by atoms with van der Waals surface area (Å²) in [6.07, 6.45) is -20.2. The van der Waals surface area contributed by atoms with Crippen LogP contribution in [0.5, 0.6) is 0 Å². The highest BCUT2D eigenvalue weighted by Gasteiger charge is 2.58. The number of fused-ring (bicyclic) bond motifs is 2. The van der Waals surface area contributed by atoms with Crippen LogP contribution in [0.4, 0.5) is 23.3 Å². The van der Waals surface area contributed by atoms with Crippen molar-refractivity contribution >= 4 is 138 Å². The number of aryl methyl sites for hydroxylation is 3. The first-order valence-corrected chi connectivity index (χ1v) is 52.6. The van der Waals surface area contributed by atoms with Gasteiger partial charge in [-0.1, -0.05) is 0 Å². The molecule has 718 valence electrons. The number of nitrogens with one attached hydrogen (secondary N) is 1. The number of rotatable bonds is 49. The van der Waals surface area contributed by atoms with Crippen LogP contribution in [0.3, 0.4) is 0 Å². The fraction of sp³-hybridized carbons (Fsp3) is 0.672. The zero-order valence-corrected chi connectivity index (χ0v) is 79.2. The van der Waals surface area contributed by atoms with Gasteiger partial charge in [0.15, 0.2) is 60.6 Å². The predicted molar refractivity (Wildman–Crippen MR) is 467 cm³/mol. The summed E-state index contributed by atoms with van der Waals surface area (Å²) in [5.41, 5.74) is 22.6. The minimum absolute atomic E-state index is 0.0171. The van der Waals surface area contributed by atoms with Gasteiger partial charge in [-0.25, -0.2) is 44.3 Å². The number of nitrogens with two attached hydrogens (primary N) is 4. The Bertz CT molecular complexity index is 5500. The van der Waals surface area contributed by atoms with E-state index in [1.54, 1.807) is 18.4 Å². The van der Waals surface area contributed by atoms with Crippen LogP contribution in [0.1, 0.15) is 47.8 Å². The summed E-state index contributed by atoms with van der Waals surface area (Å²) >= 11 is 28.7. The number of hydrogen-bond donors (Lipinski definition) is 10. The molecule has 7 aromatic heterocycles. The molecule has 5 aliphatic rings. The fourth-order valence-electron chi connectivity index (χ4n) is 14.4. The van der Waals surface area contributed by atoms with Crippen LogP contribution in [-0.2, 0) is 176 Å². The molecule has 25 atom stereocenters. The number of nitrogens with zero attached hydrogens (tertiary/aromatic N) is 13. The first-order chi connectivity index (χ1) is 61.3. The molecular formula is C67H101N18O34P5S5. The van der Waals surface area contributed by atoms with Gasteiger partial charge in [-0.3, -0.25) is 50.7 Å². The average Bonchev–Trinajstić information content (AvgIpc) is 1.60. The van der Waals surface area contributed by atoms with Gasteiger partial charge in [-0.05, 0) is 79.8 Å². The lowest BCUT2D eigenvalue weighted by Gasteiger charge is -2.31.